The third-order valence-corrected chi connectivity index (χ3v) is 3.25. The summed E-state index contributed by atoms with van der Waals surface area (Å²) >= 11 is 0. The number of nitriles is 1. The van der Waals surface area contributed by atoms with Crippen LogP contribution in [0.4, 0.5) is 4.39 Å². The fourth-order valence-corrected chi connectivity index (χ4v) is 2.25. The lowest BCUT2D eigenvalue weighted by Gasteiger charge is -2.02. The predicted molar refractivity (Wildman–Crippen MR) is 75.0 cm³/mol. The Kier molecular flexibility index (Phi) is 2.88. The summed E-state index contributed by atoms with van der Waals surface area (Å²) in [5.74, 6) is 0.392. The smallest absolute Gasteiger partial charge is 0.124 e. The molecule has 0 aliphatic heterocycles. The number of aromatic nitrogens is 1. The van der Waals surface area contributed by atoms with Crippen molar-refractivity contribution in [2.45, 2.75) is 0 Å². The van der Waals surface area contributed by atoms with Crippen molar-refractivity contribution in [3.8, 4) is 23.1 Å². The van der Waals surface area contributed by atoms with Crippen LogP contribution in [-0.2, 0) is 0 Å². The van der Waals surface area contributed by atoms with Gasteiger partial charge in [-0.15, -0.1) is 0 Å². The maximum absolute atomic E-state index is 13.3. The van der Waals surface area contributed by atoms with Gasteiger partial charge in [0.05, 0.1) is 18.4 Å². The fourth-order valence-electron chi connectivity index (χ4n) is 2.25. The number of ether oxygens (including phenoxy) is 1. The van der Waals surface area contributed by atoms with Gasteiger partial charge in [0.2, 0.25) is 0 Å². The highest BCUT2D eigenvalue weighted by atomic mass is 19.1. The third kappa shape index (κ3) is 1.90. The molecule has 0 aliphatic rings. The van der Waals surface area contributed by atoms with Gasteiger partial charge in [0.25, 0.3) is 0 Å². The molecule has 1 heterocycles. The lowest BCUT2D eigenvalue weighted by atomic mass is 10.1. The van der Waals surface area contributed by atoms with Crippen molar-refractivity contribution in [1.82, 2.24) is 4.98 Å². The van der Waals surface area contributed by atoms with Gasteiger partial charge in [0, 0.05) is 10.9 Å². The number of halogens is 1. The van der Waals surface area contributed by atoms with Crippen molar-refractivity contribution >= 4 is 10.9 Å². The van der Waals surface area contributed by atoms with Crippen molar-refractivity contribution in [2.75, 3.05) is 7.11 Å². The molecule has 0 unspecified atom stereocenters. The molecule has 0 spiro atoms. The van der Waals surface area contributed by atoms with E-state index in [2.05, 4.69) is 11.1 Å². The second-order valence-electron chi connectivity index (χ2n) is 4.41. The molecule has 3 nitrogen and oxygen atoms in total. The van der Waals surface area contributed by atoms with Gasteiger partial charge in [0.1, 0.15) is 17.6 Å². The Labute approximate surface area is 115 Å². The molecule has 0 saturated heterocycles. The number of fused-ring (bicyclic) bond motifs is 1. The van der Waals surface area contributed by atoms with Crippen LogP contribution in [0.3, 0.4) is 0 Å². The van der Waals surface area contributed by atoms with E-state index in [1.807, 2.05) is 24.3 Å². The van der Waals surface area contributed by atoms with Gasteiger partial charge in [-0.3, -0.25) is 0 Å². The third-order valence-electron chi connectivity index (χ3n) is 3.25. The number of nitrogens with one attached hydrogen (secondary N) is 1. The number of benzene rings is 2. The summed E-state index contributed by atoms with van der Waals surface area (Å²) in [5.41, 5.74) is 2.74. The summed E-state index contributed by atoms with van der Waals surface area (Å²) in [6, 6.07) is 13.9. The minimum atomic E-state index is -0.353. The number of hydrogen-bond acceptors (Lipinski definition) is 2. The Morgan fingerprint density at radius 1 is 1.15 bits per heavy atom. The van der Waals surface area contributed by atoms with Crippen LogP contribution in [0, 0.1) is 17.1 Å². The summed E-state index contributed by atoms with van der Waals surface area (Å²) in [6.45, 7) is 0. The van der Waals surface area contributed by atoms with Crippen molar-refractivity contribution in [2.24, 2.45) is 0 Å². The van der Waals surface area contributed by atoms with Gasteiger partial charge in [-0.1, -0.05) is 0 Å². The van der Waals surface area contributed by atoms with E-state index >= 15 is 0 Å². The summed E-state index contributed by atoms with van der Waals surface area (Å²) < 4.78 is 18.4. The fraction of sp³-hybridized carbons (Fsp3) is 0.0625. The molecule has 3 rings (SSSR count). The first-order chi connectivity index (χ1) is 9.72. The maximum atomic E-state index is 13.3. The molecule has 0 atom stereocenters. The van der Waals surface area contributed by atoms with Gasteiger partial charge >= 0.3 is 0 Å². The van der Waals surface area contributed by atoms with Crippen LogP contribution >= 0.6 is 0 Å². The number of aromatic amines is 1. The van der Waals surface area contributed by atoms with E-state index in [0.29, 0.717) is 16.6 Å². The molecule has 0 fully saturated rings. The Morgan fingerprint density at radius 3 is 2.55 bits per heavy atom. The van der Waals surface area contributed by atoms with Crippen LogP contribution in [0.2, 0.25) is 0 Å². The van der Waals surface area contributed by atoms with Gasteiger partial charge in [-0.05, 0) is 48.0 Å². The highest BCUT2D eigenvalue weighted by molar-refractivity contribution is 5.93. The number of H-pyrrole nitrogens is 1. The molecule has 0 amide bonds. The monoisotopic (exact) mass is 266 g/mol. The normalized spacial score (nSPS) is 10.4. The van der Waals surface area contributed by atoms with E-state index in [1.165, 1.54) is 12.1 Å². The second-order valence-corrected chi connectivity index (χ2v) is 4.41. The molecule has 20 heavy (non-hydrogen) atoms. The van der Waals surface area contributed by atoms with Crippen LogP contribution in [0.25, 0.3) is 22.2 Å². The Balaban J connectivity index is 2.22. The molecule has 0 bridgehead atoms. The van der Waals surface area contributed by atoms with E-state index in [0.717, 1.165) is 16.8 Å². The minimum absolute atomic E-state index is 0.353. The zero-order chi connectivity index (χ0) is 14.1. The number of methoxy groups -OCH3 is 1. The number of rotatable bonds is 2. The minimum Gasteiger partial charge on any atom is -0.497 e. The summed E-state index contributed by atoms with van der Waals surface area (Å²) in [5, 5.41) is 9.94. The van der Waals surface area contributed by atoms with Gasteiger partial charge < -0.3 is 9.72 Å². The van der Waals surface area contributed by atoms with Gasteiger partial charge in [0.15, 0.2) is 0 Å². The summed E-state index contributed by atoms with van der Waals surface area (Å²) in [4.78, 5) is 3.17. The molecule has 2 aromatic carbocycles. The molecule has 0 radical (unpaired) electrons. The van der Waals surface area contributed by atoms with E-state index < -0.39 is 0 Å². The van der Waals surface area contributed by atoms with Crippen molar-refractivity contribution in [1.29, 1.82) is 5.26 Å². The van der Waals surface area contributed by atoms with Crippen LogP contribution in [0.15, 0.2) is 42.5 Å². The Morgan fingerprint density at radius 2 is 1.90 bits per heavy atom. The van der Waals surface area contributed by atoms with Crippen LogP contribution in [0.1, 0.15) is 5.56 Å². The van der Waals surface area contributed by atoms with E-state index in [9.17, 15) is 9.65 Å². The van der Waals surface area contributed by atoms with E-state index in [4.69, 9.17) is 4.74 Å². The molecule has 4 heteroatoms. The molecule has 98 valence electrons. The Hall–Kier alpha value is -2.80. The van der Waals surface area contributed by atoms with Gasteiger partial charge in [-0.25, -0.2) is 4.39 Å². The van der Waals surface area contributed by atoms with Crippen LogP contribution < -0.4 is 4.74 Å². The summed E-state index contributed by atoms with van der Waals surface area (Å²) in [7, 11) is 1.60. The first kappa shape index (κ1) is 12.2. The van der Waals surface area contributed by atoms with Crippen molar-refractivity contribution < 1.29 is 9.13 Å². The number of hydrogen-bond donors (Lipinski definition) is 1. The quantitative estimate of drug-likeness (QED) is 0.765. The highest BCUT2D eigenvalue weighted by Gasteiger charge is 2.13. The molecule has 1 aromatic heterocycles. The lowest BCUT2D eigenvalue weighted by molar-refractivity contribution is 0.415. The lowest BCUT2D eigenvalue weighted by Crippen LogP contribution is -1.84. The second kappa shape index (κ2) is 4.71. The van der Waals surface area contributed by atoms with Gasteiger partial charge in [-0.2, -0.15) is 5.26 Å². The average molecular weight is 266 g/mol. The van der Waals surface area contributed by atoms with E-state index in [1.54, 1.807) is 13.2 Å². The van der Waals surface area contributed by atoms with E-state index in [-0.39, 0.29) is 5.82 Å². The SMILES string of the molecule is COc1ccc(-c2[nH]c3ccc(F)cc3c2C#N)cc1. The largest absolute Gasteiger partial charge is 0.497 e. The molecule has 1 N–H and O–H groups in total. The first-order valence-corrected chi connectivity index (χ1v) is 6.08. The van der Waals surface area contributed by atoms with Crippen molar-refractivity contribution in [3.05, 3.63) is 53.8 Å². The van der Waals surface area contributed by atoms with Crippen LogP contribution in [-0.4, -0.2) is 12.1 Å². The standard InChI is InChI=1S/C16H11FN2O/c1-20-12-5-2-10(3-6-12)16-14(9-18)13-8-11(17)4-7-15(13)19-16/h2-8,19H,1H3. The maximum Gasteiger partial charge on any atom is 0.124 e. The Bertz CT molecular complexity index is 813. The van der Waals surface area contributed by atoms with Crippen molar-refractivity contribution in [3.63, 3.8) is 0 Å². The molecule has 0 aliphatic carbocycles. The average Bonchev–Trinajstić information content (AvgIpc) is 2.85. The topological polar surface area (TPSA) is 48.8 Å². The zero-order valence-electron chi connectivity index (χ0n) is 10.8. The molecular weight excluding hydrogens is 255 g/mol. The predicted octanol–water partition coefficient (Wildman–Crippen LogP) is 3.85. The molecule has 0 saturated carbocycles. The first-order valence-electron chi connectivity index (χ1n) is 6.08. The zero-order valence-corrected chi connectivity index (χ0v) is 10.8. The molecule has 3 aromatic rings. The molecular formula is C16H11FN2O. The highest BCUT2D eigenvalue weighted by Crippen LogP contribution is 2.31. The summed E-state index contributed by atoms with van der Waals surface area (Å²) in [6.07, 6.45) is 0. The number of nitrogens with zero attached hydrogens (tertiary/aromatic N) is 1. The van der Waals surface area contributed by atoms with Crippen LogP contribution in [0.5, 0.6) is 5.75 Å².